The molecule has 8 aromatic rings. The van der Waals surface area contributed by atoms with Crippen LogP contribution in [0.4, 0.5) is 11.4 Å². The van der Waals surface area contributed by atoms with Gasteiger partial charge in [0.05, 0.1) is 60.4 Å². The van der Waals surface area contributed by atoms with Crippen molar-refractivity contribution in [2.75, 3.05) is 0 Å². The molecule has 1 heterocycles. The highest BCUT2D eigenvalue weighted by Gasteiger charge is 2.46. The molecule has 0 spiro atoms. The first-order chi connectivity index (χ1) is 50.3. The Labute approximate surface area is 691 Å². The van der Waals surface area contributed by atoms with Gasteiger partial charge in [-0.1, -0.05) is 209 Å². The van der Waals surface area contributed by atoms with Crippen molar-refractivity contribution < 1.29 is 31.7 Å². The topological polar surface area (TPSA) is 143 Å². The lowest BCUT2D eigenvalue weighted by Crippen LogP contribution is -2.51. The van der Waals surface area contributed by atoms with E-state index in [2.05, 4.69) is 313 Å². The predicted octanol–water partition coefficient (Wildman–Crippen LogP) is 25.3. The van der Waals surface area contributed by atoms with E-state index in [4.69, 9.17) is 70.3 Å². The second kappa shape index (κ2) is 40.3. The van der Waals surface area contributed by atoms with Gasteiger partial charge in [-0.15, -0.1) is 10.2 Å². The minimum atomic E-state index is -2.21. The van der Waals surface area contributed by atoms with E-state index < -0.39 is 58.1 Å². The van der Waals surface area contributed by atoms with Crippen molar-refractivity contribution in [2.45, 2.75) is 227 Å². The summed E-state index contributed by atoms with van der Waals surface area (Å²) in [6.07, 6.45) is 0.333. The van der Waals surface area contributed by atoms with Crippen LogP contribution in [0.5, 0.6) is 0 Å². The van der Waals surface area contributed by atoms with E-state index in [1.165, 1.54) is 15.9 Å². The van der Waals surface area contributed by atoms with Crippen LogP contribution >= 0.6 is 74.4 Å². The molecule has 8 rings (SSSR count). The molecule has 0 aliphatic carbocycles. The minimum Gasteiger partial charge on any atom is -0.420 e. The van der Waals surface area contributed by atoms with Crippen LogP contribution in [0.15, 0.2) is 168 Å². The van der Waals surface area contributed by atoms with Crippen molar-refractivity contribution in [1.29, 1.82) is 0 Å². The molecule has 0 radical (unpaired) electrons. The third-order valence-corrected chi connectivity index (χ3v) is 49.4. The highest BCUT2D eigenvalue weighted by atomic mass is 128. The summed E-state index contributed by atoms with van der Waals surface area (Å²) in [5.74, 6) is -0.564. The fourth-order valence-corrected chi connectivity index (χ4v) is 23.5. The molecule has 4 atom stereocenters. The number of nitrogens with zero attached hydrogens (tertiary/aromatic N) is 4. The molecule has 2 amide bonds. The predicted molar refractivity (Wildman–Crippen MR) is 487 cm³/mol. The average molecular weight is 1850 g/mol. The third kappa shape index (κ3) is 24.9. The first-order valence-corrected chi connectivity index (χ1v) is 59.5. The Bertz CT molecular complexity index is 4260. The van der Waals surface area contributed by atoms with Gasteiger partial charge in [0, 0.05) is 48.4 Å². The van der Waals surface area contributed by atoms with Crippen molar-refractivity contribution in [1.82, 2.24) is 21.0 Å². The molecule has 0 saturated heterocycles. The zero-order valence-corrected chi connectivity index (χ0v) is 80.1. The standard InChI is InChI=1S/C33H50ClN3O4Si2.C33H48ClN3O3Si2.C18H15P2S.I2/c1-22-26(18-19-28(35-9)29(22)34)20-27(23(2)41-43(12,13)33(6,7)8)31(39)37-36-30(38)25-16-14-24(15-17-25)21-40-42(10,11)32(3,4)5;1-22-26(18-19-28(35-9)29(22)34)20-27(23(2)40-42(12,13)33(6,7)8)31-37-36-30(39-31)25-16-14-24(15-17-25)21-38-41(10,11)32(3,4)5;21-19-20(16-10-4-1-5-11-16,17-12-6-2-7-13-17)18-14-8-3-9-15-18;1-2/h14-19,23,27H,20-21H2,1-8,10-13H3,(H,36,38)(H,37,39);14-19,23,27H,20-21H2,1-8,10-13H3;1-15H;/q;;+1;/t2*23-,27+;;/m00../s1. The molecule has 580 valence electrons. The number of rotatable bonds is 24. The molecule has 0 bridgehead atoms. The Morgan fingerprint density at radius 3 is 1.28 bits per heavy atom. The molecule has 2 N–H and O–H groups in total. The normalized spacial score (nSPS) is 13.5. The maximum atomic E-state index is 13.6. The van der Waals surface area contributed by atoms with Crippen molar-refractivity contribution in [3.63, 3.8) is 0 Å². The summed E-state index contributed by atoms with van der Waals surface area (Å²) in [5.41, 5.74) is 13.0. The molecular weight excluding hydrogens is 1740 g/mol. The van der Waals surface area contributed by atoms with Crippen molar-refractivity contribution in [3.8, 4) is 11.5 Å². The monoisotopic (exact) mass is 1850 g/mol. The molecule has 13 nitrogen and oxygen atoms in total. The van der Waals surface area contributed by atoms with E-state index in [-0.39, 0.29) is 38.1 Å². The highest BCUT2D eigenvalue weighted by molar-refractivity contribution is 15.0. The molecule has 1 aromatic heterocycles. The number of nitrogens with one attached hydrogen (secondary N) is 2. The Morgan fingerprint density at radius 1 is 0.537 bits per heavy atom. The van der Waals surface area contributed by atoms with Crippen LogP contribution in [0.2, 0.25) is 82.6 Å². The van der Waals surface area contributed by atoms with Gasteiger partial charge >= 0.3 is 0 Å². The lowest BCUT2D eigenvalue weighted by atomic mass is 9.91. The van der Waals surface area contributed by atoms with Crippen LogP contribution in [0.1, 0.15) is 152 Å². The second-order valence-corrected chi connectivity index (χ2v) is 60.1. The summed E-state index contributed by atoms with van der Waals surface area (Å²) in [7, 11) is -7.00. The van der Waals surface area contributed by atoms with Gasteiger partial charge in [-0.3, -0.25) is 20.4 Å². The van der Waals surface area contributed by atoms with Gasteiger partial charge in [0.2, 0.25) is 29.1 Å². The van der Waals surface area contributed by atoms with Crippen LogP contribution in [-0.2, 0) is 60.4 Å². The number of hydrazine groups is 1. The fourth-order valence-electron chi connectivity index (χ4n) is 10.6. The number of benzene rings is 7. The smallest absolute Gasteiger partial charge is 0.269 e. The Morgan fingerprint density at radius 2 is 0.907 bits per heavy atom. The maximum Gasteiger partial charge on any atom is 0.269 e. The lowest BCUT2D eigenvalue weighted by Gasteiger charge is -2.40. The van der Waals surface area contributed by atoms with E-state index in [0.29, 0.717) is 64.8 Å². The van der Waals surface area contributed by atoms with Crippen LogP contribution in [0, 0.1) is 32.9 Å². The number of carbonyl (C=O) groups is 2. The number of halogens is 4. The zero-order valence-electron chi connectivity index (χ0n) is 67.7. The van der Waals surface area contributed by atoms with Crippen LogP contribution in [-0.4, -0.2) is 67.5 Å². The Kier molecular flexibility index (Phi) is 35.1. The molecule has 0 aliphatic rings. The summed E-state index contributed by atoms with van der Waals surface area (Å²) in [5, 5.41) is 14.2. The largest absolute Gasteiger partial charge is 0.420 e. The minimum absolute atomic E-state index is 0.0467. The lowest BCUT2D eigenvalue weighted by molar-refractivity contribution is -0.128. The van der Waals surface area contributed by atoms with E-state index in [9.17, 15) is 9.59 Å². The summed E-state index contributed by atoms with van der Waals surface area (Å²) in [6, 6.07) is 54.8. The molecule has 0 fully saturated rings. The molecule has 24 heteroatoms. The number of aromatic nitrogens is 2. The molecule has 0 aliphatic heterocycles. The van der Waals surface area contributed by atoms with Gasteiger partial charge < -0.3 is 22.1 Å². The summed E-state index contributed by atoms with van der Waals surface area (Å²) < 4.78 is 32.5. The van der Waals surface area contributed by atoms with E-state index in [1.54, 1.807) is 24.3 Å². The summed E-state index contributed by atoms with van der Waals surface area (Å²) in [4.78, 5) is 33.6. The van der Waals surface area contributed by atoms with Gasteiger partial charge in [0.1, 0.15) is 15.9 Å². The number of carbonyl (C=O) groups excluding carboxylic acids is 2. The fraction of sp³-hybridized carbons (Fsp3) is 0.429. The highest BCUT2D eigenvalue weighted by Crippen LogP contribution is 2.66. The Hall–Kier alpha value is -4.70. The number of hydrogen-bond donors (Lipinski definition) is 2. The zero-order chi connectivity index (χ0) is 81.2. The first-order valence-electron chi connectivity index (χ1n) is 36.4. The van der Waals surface area contributed by atoms with Crippen LogP contribution < -0.4 is 26.8 Å². The van der Waals surface area contributed by atoms with Crippen molar-refractivity contribution in [3.05, 3.63) is 242 Å². The summed E-state index contributed by atoms with van der Waals surface area (Å²) >= 11 is 22.9. The van der Waals surface area contributed by atoms with Gasteiger partial charge in [0.25, 0.3) is 5.91 Å². The number of amides is 2. The van der Waals surface area contributed by atoms with Crippen LogP contribution in [0.3, 0.4) is 0 Å². The average Bonchev–Trinajstić information content (AvgIpc) is 0.861. The summed E-state index contributed by atoms with van der Waals surface area (Å²) in [6.45, 7) is 66.2. The van der Waals surface area contributed by atoms with Gasteiger partial charge in [-0.25, -0.2) is 9.69 Å². The first kappa shape index (κ1) is 93.9. The van der Waals surface area contributed by atoms with E-state index >= 15 is 0 Å². The van der Waals surface area contributed by atoms with Crippen LogP contribution in [0.25, 0.3) is 21.1 Å². The third-order valence-electron chi connectivity index (χ3n) is 21.9. The van der Waals surface area contributed by atoms with Gasteiger partial charge in [-0.05, 0) is 219 Å². The Balaban J connectivity index is 0.000000302. The quantitative estimate of drug-likeness (QED) is 0.0197. The molecular formula is C84H113Cl2I2N6O7P2SSi4+. The van der Waals surface area contributed by atoms with Gasteiger partial charge in [0.15, 0.2) is 47.3 Å². The molecule has 108 heavy (non-hydrogen) atoms. The second-order valence-electron chi connectivity index (χ2n) is 33.5. The van der Waals surface area contributed by atoms with Crippen molar-refractivity contribution >= 4 is 159 Å². The number of hydrogen-bond acceptors (Lipinski definition) is 10. The van der Waals surface area contributed by atoms with Crippen molar-refractivity contribution in [2.24, 2.45) is 5.92 Å². The molecule has 7 aromatic carbocycles. The molecule has 0 saturated carbocycles. The van der Waals surface area contributed by atoms with Gasteiger partial charge in [-0.2, -0.15) is 0 Å². The maximum absolute atomic E-state index is 13.6. The van der Waals surface area contributed by atoms with E-state index in [1.807, 2.05) is 57.2 Å². The SMILES string of the molecule is II.S=P[P+](c1ccccc1)(c1ccccc1)c1ccccc1.[C-]#[N+]c1ccc(C[C@@H](C(=O)NNC(=O)c2ccc(CO[Si](C)(C)C(C)(C)C)cc2)[C@H](C)O[Si](C)(C)C(C)(C)C)c(C)c1Cl.[C-]#[N+]c1ccc(C[C@@H](c2nnc(-c3ccc(CO[Si](C)(C)C(C)(C)C)cc3)o2)[C@H](C)O[Si](C)(C)C(C)(C)C)c(C)c1Cl. The molecule has 0 unspecified atom stereocenters. The van der Waals surface area contributed by atoms with E-state index in [0.717, 1.165) is 46.0 Å².